The second-order valence-corrected chi connectivity index (χ2v) is 3.59. The van der Waals surface area contributed by atoms with Crippen LogP contribution in [-0.2, 0) is 0 Å². The van der Waals surface area contributed by atoms with Crippen molar-refractivity contribution in [2.45, 2.75) is 0 Å². The summed E-state index contributed by atoms with van der Waals surface area (Å²) in [6.45, 7) is 0. The molecule has 0 aromatic heterocycles. The van der Waals surface area contributed by atoms with Gasteiger partial charge >= 0.3 is 0 Å². The maximum atomic E-state index is 5.87. The van der Waals surface area contributed by atoms with E-state index in [1.807, 2.05) is 0 Å². The lowest BCUT2D eigenvalue weighted by Crippen LogP contribution is -2.10. The highest BCUT2D eigenvalue weighted by molar-refractivity contribution is 7.80. The molecule has 0 bridgehead atoms. The van der Waals surface area contributed by atoms with Crippen molar-refractivity contribution in [1.29, 1.82) is 0 Å². The zero-order chi connectivity index (χ0) is 10.0. The summed E-state index contributed by atoms with van der Waals surface area (Å²) in [5.41, 5.74) is 5.98. The molecule has 0 radical (unpaired) electrons. The van der Waals surface area contributed by atoms with Gasteiger partial charge in [0.1, 0.15) is 10.7 Å². The van der Waals surface area contributed by atoms with E-state index in [9.17, 15) is 0 Å². The summed E-state index contributed by atoms with van der Waals surface area (Å²) in [5, 5.41) is 0.878. The van der Waals surface area contributed by atoms with Crippen LogP contribution < -0.4 is 10.5 Å². The maximum Gasteiger partial charge on any atom is 0.138 e. The number of thiocarbonyl (C=S) groups is 1. The Labute approximate surface area is 91.6 Å². The van der Waals surface area contributed by atoms with E-state index in [-0.39, 0.29) is 4.99 Å². The third kappa shape index (κ3) is 2.24. The van der Waals surface area contributed by atoms with Gasteiger partial charge in [0.15, 0.2) is 0 Å². The molecule has 1 rings (SSSR count). The smallest absolute Gasteiger partial charge is 0.138 e. The van der Waals surface area contributed by atoms with Crippen molar-refractivity contribution in [2.75, 3.05) is 7.11 Å². The predicted molar refractivity (Wildman–Crippen MR) is 58.9 cm³/mol. The van der Waals surface area contributed by atoms with Crippen LogP contribution in [0, 0.1) is 0 Å². The number of ether oxygens (including phenoxy) is 1. The topological polar surface area (TPSA) is 35.2 Å². The fraction of sp³-hybridized carbons (Fsp3) is 0.125. The first-order valence-corrected chi connectivity index (χ1v) is 4.55. The molecule has 5 heteroatoms. The minimum Gasteiger partial charge on any atom is -0.495 e. The van der Waals surface area contributed by atoms with E-state index in [0.29, 0.717) is 21.4 Å². The third-order valence-electron chi connectivity index (χ3n) is 1.51. The normalized spacial score (nSPS) is 9.77. The molecule has 0 saturated carbocycles. The van der Waals surface area contributed by atoms with Gasteiger partial charge < -0.3 is 10.5 Å². The average Bonchev–Trinajstić information content (AvgIpc) is 2.07. The maximum absolute atomic E-state index is 5.87. The molecule has 0 fully saturated rings. The number of hydrogen-bond acceptors (Lipinski definition) is 2. The van der Waals surface area contributed by atoms with Crippen molar-refractivity contribution in [2.24, 2.45) is 5.73 Å². The van der Waals surface area contributed by atoms with Crippen molar-refractivity contribution >= 4 is 40.4 Å². The van der Waals surface area contributed by atoms with E-state index in [4.69, 9.17) is 45.9 Å². The van der Waals surface area contributed by atoms with E-state index in [2.05, 4.69) is 0 Å². The minimum atomic E-state index is 0.217. The van der Waals surface area contributed by atoms with Crippen LogP contribution >= 0.6 is 35.4 Å². The van der Waals surface area contributed by atoms with Crippen molar-refractivity contribution in [3.63, 3.8) is 0 Å². The van der Waals surface area contributed by atoms with Gasteiger partial charge in [-0.25, -0.2) is 0 Å². The fourth-order valence-corrected chi connectivity index (χ4v) is 1.60. The van der Waals surface area contributed by atoms with Gasteiger partial charge in [-0.3, -0.25) is 0 Å². The fourth-order valence-electron chi connectivity index (χ4n) is 0.874. The van der Waals surface area contributed by atoms with Gasteiger partial charge in [-0.15, -0.1) is 0 Å². The highest BCUT2D eigenvalue weighted by Gasteiger charge is 2.08. The number of hydrogen-bond donors (Lipinski definition) is 1. The number of halogens is 2. The zero-order valence-corrected chi connectivity index (χ0v) is 9.13. The van der Waals surface area contributed by atoms with Gasteiger partial charge in [0.05, 0.1) is 17.2 Å². The molecule has 0 aliphatic heterocycles. The molecule has 0 atom stereocenters. The van der Waals surface area contributed by atoms with Crippen molar-refractivity contribution in [3.05, 3.63) is 27.7 Å². The standard InChI is InChI=1S/C8H7Cl2NOS/c1-12-7-3-5(9)4(8(11)13)2-6(7)10/h2-3H,1H3,(H2,11,13). The molecule has 2 nitrogen and oxygen atoms in total. The molecule has 0 saturated heterocycles. The van der Waals surface area contributed by atoms with Crippen LogP contribution in [0.15, 0.2) is 12.1 Å². The Kier molecular flexibility index (Phi) is 3.36. The summed E-state index contributed by atoms with van der Waals surface area (Å²) < 4.78 is 4.96. The van der Waals surface area contributed by atoms with Crippen molar-refractivity contribution in [1.82, 2.24) is 0 Å². The molecule has 0 spiro atoms. The van der Waals surface area contributed by atoms with Gasteiger partial charge in [0.2, 0.25) is 0 Å². The lowest BCUT2D eigenvalue weighted by atomic mass is 10.2. The molecule has 2 N–H and O–H groups in total. The molecule has 1 aromatic rings. The summed E-state index contributed by atoms with van der Waals surface area (Å²) >= 11 is 16.5. The number of methoxy groups -OCH3 is 1. The second kappa shape index (κ2) is 4.13. The lowest BCUT2D eigenvalue weighted by Gasteiger charge is -2.07. The minimum absolute atomic E-state index is 0.217. The number of benzene rings is 1. The van der Waals surface area contributed by atoms with E-state index < -0.39 is 0 Å². The molecule has 0 unspecified atom stereocenters. The molecule has 1 aromatic carbocycles. The molecular weight excluding hydrogens is 229 g/mol. The average molecular weight is 236 g/mol. The first-order valence-electron chi connectivity index (χ1n) is 3.39. The van der Waals surface area contributed by atoms with E-state index >= 15 is 0 Å². The lowest BCUT2D eigenvalue weighted by molar-refractivity contribution is 0.415. The van der Waals surface area contributed by atoms with Gasteiger partial charge in [-0.2, -0.15) is 0 Å². The first-order chi connectivity index (χ1) is 6.06. The molecule has 0 heterocycles. The van der Waals surface area contributed by atoms with Crippen LogP contribution in [-0.4, -0.2) is 12.1 Å². The van der Waals surface area contributed by atoms with Crippen molar-refractivity contribution < 1.29 is 4.74 Å². The highest BCUT2D eigenvalue weighted by Crippen LogP contribution is 2.30. The first kappa shape index (κ1) is 10.6. The quantitative estimate of drug-likeness (QED) is 0.801. The Morgan fingerprint density at radius 2 is 2.00 bits per heavy atom. The van der Waals surface area contributed by atoms with Gasteiger partial charge in [-0.05, 0) is 6.07 Å². The summed E-state index contributed by atoms with van der Waals surface area (Å²) in [4.78, 5) is 0.217. The Morgan fingerprint density at radius 1 is 1.38 bits per heavy atom. The van der Waals surface area contributed by atoms with Crippen molar-refractivity contribution in [3.8, 4) is 5.75 Å². The number of nitrogens with two attached hydrogens (primary N) is 1. The van der Waals surface area contributed by atoms with E-state index in [0.717, 1.165) is 0 Å². The second-order valence-electron chi connectivity index (χ2n) is 2.33. The van der Waals surface area contributed by atoms with Crippen LogP contribution in [0.1, 0.15) is 5.56 Å². The van der Waals surface area contributed by atoms with Gasteiger partial charge in [0, 0.05) is 11.6 Å². The summed E-state index contributed by atoms with van der Waals surface area (Å²) in [7, 11) is 1.51. The van der Waals surface area contributed by atoms with Gasteiger partial charge in [0.25, 0.3) is 0 Å². The van der Waals surface area contributed by atoms with Gasteiger partial charge in [-0.1, -0.05) is 35.4 Å². The SMILES string of the molecule is COc1cc(Cl)c(C(N)=S)cc1Cl. The van der Waals surface area contributed by atoms with Crippen LogP contribution in [0.25, 0.3) is 0 Å². The largest absolute Gasteiger partial charge is 0.495 e. The van der Waals surface area contributed by atoms with Crippen LogP contribution in [0.2, 0.25) is 10.0 Å². The molecule has 70 valence electrons. The predicted octanol–water partition coefficient (Wildman–Crippen LogP) is 2.64. The molecule has 0 amide bonds. The zero-order valence-electron chi connectivity index (χ0n) is 6.80. The Morgan fingerprint density at radius 3 is 2.46 bits per heavy atom. The molecule has 13 heavy (non-hydrogen) atoms. The molecule has 0 aliphatic carbocycles. The van der Waals surface area contributed by atoms with E-state index in [1.54, 1.807) is 12.1 Å². The summed E-state index contributed by atoms with van der Waals surface area (Å²) in [6, 6.07) is 3.17. The van der Waals surface area contributed by atoms with E-state index in [1.165, 1.54) is 7.11 Å². The monoisotopic (exact) mass is 235 g/mol. The van der Waals surface area contributed by atoms with Crippen LogP contribution in [0.5, 0.6) is 5.75 Å². The summed E-state index contributed by atoms with van der Waals surface area (Å²) in [5.74, 6) is 0.506. The summed E-state index contributed by atoms with van der Waals surface area (Å²) in [6.07, 6.45) is 0. The molecular formula is C8H7Cl2NOS. The Balaban J connectivity index is 3.28. The Bertz CT molecular complexity index is 354. The van der Waals surface area contributed by atoms with Crippen LogP contribution in [0.3, 0.4) is 0 Å². The highest BCUT2D eigenvalue weighted by atomic mass is 35.5. The Hall–Kier alpha value is -0.510. The number of rotatable bonds is 2. The molecule has 0 aliphatic rings. The third-order valence-corrected chi connectivity index (χ3v) is 2.33. The van der Waals surface area contributed by atoms with Crippen LogP contribution in [0.4, 0.5) is 0 Å².